The van der Waals surface area contributed by atoms with E-state index in [1.165, 1.54) is 12.8 Å². The lowest BCUT2D eigenvalue weighted by Crippen LogP contribution is -2.32. The fraction of sp³-hybridized carbons (Fsp3) is 0.889. The van der Waals surface area contributed by atoms with Gasteiger partial charge >= 0.3 is 0 Å². The molecule has 0 radical (unpaired) electrons. The van der Waals surface area contributed by atoms with Crippen LogP contribution in [0.4, 0.5) is 0 Å². The minimum absolute atomic E-state index is 0.345. The summed E-state index contributed by atoms with van der Waals surface area (Å²) in [5, 5.41) is 0. The van der Waals surface area contributed by atoms with Crippen molar-refractivity contribution in [2.75, 3.05) is 6.54 Å². The second-order valence-corrected chi connectivity index (χ2v) is 3.16. The molecule has 1 saturated carbocycles. The van der Waals surface area contributed by atoms with Crippen molar-refractivity contribution in [1.82, 2.24) is 4.90 Å². The maximum Gasteiger partial charge on any atom is 0.222 e. The molecular weight excluding hydrogens is 138 g/mol. The van der Waals surface area contributed by atoms with Gasteiger partial charge in [0.05, 0.1) is 0 Å². The van der Waals surface area contributed by atoms with E-state index in [1.807, 2.05) is 4.90 Å². The smallest absolute Gasteiger partial charge is 0.222 e. The van der Waals surface area contributed by atoms with Crippen LogP contribution in [-0.2, 0) is 4.79 Å². The summed E-state index contributed by atoms with van der Waals surface area (Å²) in [4.78, 5) is 13.4. The third-order valence-corrected chi connectivity index (χ3v) is 2.11. The third kappa shape index (κ3) is 2.21. The van der Waals surface area contributed by atoms with Gasteiger partial charge in [-0.15, -0.1) is 0 Å². The summed E-state index contributed by atoms with van der Waals surface area (Å²) < 4.78 is 0. The van der Waals surface area contributed by atoms with Gasteiger partial charge in [0.1, 0.15) is 0 Å². The van der Waals surface area contributed by atoms with Crippen LogP contribution in [0, 0.1) is 0 Å². The summed E-state index contributed by atoms with van der Waals surface area (Å²) in [5.41, 5.74) is 0. The molecule has 1 aliphatic rings. The highest BCUT2D eigenvalue weighted by Gasteiger charge is 2.30. The maximum absolute atomic E-state index is 11.4. The summed E-state index contributed by atoms with van der Waals surface area (Å²) in [6.45, 7) is 5.01. The van der Waals surface area contributed by atoms with Crippen LogP contribution in [-0.4, -0.2) is 23.4 Å². The van der Waals surface area contributed by atoms with E-state index >= 15 is 0 Å². The van der Waals surface area contributed by atoms with Crippen molar-refractivity contribution in [2.45, 2.75) is 45.6 Å². The fourth-order valence-electron chi connectivity index (χ4n) is 1.38. The third-order valence-electron chi connectivity index (χ3n) is 2.11. The van der Waals surface area contributed by atoms with Gasteiger partial charge in [-0.05, 0) is 26.2 Å². The first-order chi connectivity index (χ1) is 5.29. The Labute approximate surface area is 68.6 Å². The molecular formula is C9H17NO. The first kappa shape index (κ1) is 8.57. The number of nitrogens with zero attached hydrogens (tertiary/aromatic N) is 1. The number of hydrogen-bond donors (Lipinski definition) is 0. The first-order valence-electron chi connectivity index (χ1n) is 4.59. The summed E-state index contributed by atoms with van der Waals surface area (Å²) in [6.07, 6.45) is 4.15. The van der Waals surface area contributed by atoms with E-state index in [4.69, 9.17) is 0 Å². The summed E-state index contributed by atoms with van der Waals surface area (Å²) in [5.74, 6) is 0.345. The molecule has 0 heterocycles. The number of rotatable bonds is 4. The monoisotopic (exact) mass is 155 g/mol. The molecule has 1 rings (SSSR count). The van der Waals surface area contributed by atoms with Crippen molar-refractivity contribution < 1.29 is 4.79 Å². The Bertz CT molecular complexity index is 140. The van der Waals surface area contributed by atoms with E-state index in [-0.39, 0.29) is 0 Å². The van der Waals surface area contributed by atoms with E-state index in [2.05, 4.69) is 13.8 Å². The molecule has 1 fully saturated rings. The van der Waals surface area contributed by atoms with Gasteiger partial charge in [0, 0.05) is 19.0 Å². The predicted octanol–water partition coefficient (Wildman–Crippen LogP) is 1.80. The molecule has 0 N–H and O–H groups in total. The van der Waals surface area contributed by atoms with Gasteiger partial charge in [0.2, 0.25) is 5.91 Å². The van der Waals surface area contributed by atoms with Gasteiger partial charge in [0.15, 0.2) is 0 Å². The molecule has 1 aliphatic carbocycles. The lowest BCUT2D eigenvalue weighted by atomic mass is 10.3. The van der Waals surface area contributed by atoms with E-state index in [9.17, 15) is 4.79 Å². The van der Waals surface area contributed by atoms with Crippen LogP contribution in [0.5, 0.6) is 0 Å². The number of carbonyl (C=O) groups is 1. The Morgan fingerprint density at radius 1 is 1.45 bits per heavy atom. The molecule has 11 heavy (non-hydrogen) atoms. The van der Waals surface area contributed by atoms with Crippen molar-refractivity contribution in [3.05, 3.63) is 0 Å². The molecule has 0 aromatic heterocycles. The molecule has 0 spiro atoms. The number of hydrogen-bond acceptors (Lipinski definition) is 1. The van der Waals surface area contributed by atoms with Crippen molar-refractivity contribution in [2.24, 2.45) is 0 Å². The first-order valence-corrected chi connectivity index (χ1v) is 4.59. The van der Waals surface area contributed by atoms with Crippen LogP contribution >= 0.6 is 0 Å². The Balaban J connectivity index is 2.33. The van der Waals surface area contributed by atoms with Crippen molar-refractivity contribution >= 4 is 5.91 Å². The second-order valence-electron chi connectivity index (χ2n) is 3.16. The number of amides is 1. The molecule has 1 amide bonds. The lowest BCUT2D eigenvalue weighted by molar-refractivity contribution is -0.131. The van der Waals surface area contributed by atoms with E-state index in [0.29, 0.717) is 11.9 Å². The highest BCUT2D eigenvalue weighted by molar-refractivity contribution is 5.76. The SMILES string of the molecule is CCCC(=O)N(CC)C1CC1. The number of carbonyl (C=O) groups excluding carboxylic acids is 1. The second kappa shape index (κ2) is 3.74. The Morgan fingerprint density at radius 2 is 2.09 bits per heavy atom. The van der Waals surface area contributed by atoms with E-state index in [1.54, 1.807) is 0 Å². The standard InChI is InChI=1S/C9H17NO/c1-3-5-9(11)10(4-2)8-6-7-8/h8H,3-7H2,1-2H3. The van der Waals surface area contributed by atoms with Gasteiger partial charge in [0.25, 0.3) is 0 Å². The molecule has 0 aromatic rings. The van der Waals surface area contributed by atoms with Crippen LogP contribution in [0.15, 0.2) is 0 Å². The van der Waals surface area contributed by atoms with Crippen LogP contribution in [0.1, 0.15) is 39.5 Å². The van der Waals surface area contributed by atoms with E-state index < -0.39 is 0 Å². The topological polar surface area (TPSA) is 20.3 Å². The average molecular weight is 155 g/mol. The van der Waals surface area contributed by atoms with Crippen LogP contribution in [0.25, 0.3) is 0 Å². The minimum atomic E-state index is 0.345. The molecule has 0 aromatic carbocycles. The molecule has 0 unspecified atom stereocenters. The average Bonchev–Trinajstić information content (AvgIpc) is 2.73. The minimum Gasteiger partial charge on any atom is -0.340 e. The van der Waals surface area contributed by atoms with Crippen LogP contribution in [0.3, 0.4) is 0 Å². The summed E-state index contributed by atoms with van der Waals surface area (Å²) >= 11 is 0. The zero-order valence-electron chi connectivity index (χ0n) is 7.47. The zero-order valence-corrected chi connectivity index (χ0v) is 7.47. The molecule has 64 valence electrons. The fourth-order valence-corrected chi connectivity index (χ4v) is 1.38. The van der Waals surface area contributed by atoms with Gasteiger partial charge in [-0.25, -0.2) is 0 Å². The van der Waals surface area contributed by atoms with Gasteiger partial charge in [-0.2, -0.15) is 0 Å². The predicted molar refractivity (Wildman–Crippen MR) is 45.3 cm³/mol. The van der Waals surface area contributed by atoms with Crippen molar-refractivity contribution in [1.29, 1.82) is 0 Å². The van der Waals surface area contributed by atoms with Crippen LogP contribution in [0.2, 0.25) is 0 Å². The zero-order chi connectivity index (χ0) is 8.27. The van der Waals surface area contributed by atoms with E-state index in [0.717, 1.165) is 19.4 Å². The molecule has 0 atom stereocenters. The van der Waals surface area contributed by atoms with Gasteiger partial charge in [-0.3, -0.25) is 4.79 Å². The van der Waals surface area contributed by atoms with Crippen molar-refractivity contribution in [3.8, 4) is 0 Å². The quantitative estimate of drug-likeness (QED) is 0.606. The summed E-state index contributed by atoms with van der Waals surface area (Å²) in [6, 6.07) is 0.596. The molecule has 0 bridgehead atoms. The molecule has 0 saturated heterocycles. The Kier molecular flexibility index (Phi) is 2.92. The summed E-state index contributed by atoms with van der Waals surface area (Å²) in [7, 11) is 0. The van der Waals surface area contributed by atoms with Gasteiger partial charge in [-0.1, -0.05) is 6.92 Å². The molecule has 2 nitrogen and oxygen atoms in total. The Morgan fingerprint density at radius 3 is 2.45 bits per heavy atom. The Hall–Kier alpha value is -0.530. The highest BCUT2D eigenvalue weighted by Crippen LogP contribution is 2.27. The lowest BCUT2D eigenvalue weighted by Gasteiger charge is -2.19. The molecule has 0 aliphatic heterocycles. The van der Waals surface area contributed by atoms with Crippen LogP contribution < -0.4 is 0 Å². The van der Waals surface area contributed by atoms with Gasteiger partial charge < -0.3 is 4.90 Å². The largest absolute Gasteiger partial charge is 0.340 e. The molecule has 2 heteroatoms. The maximum atomic E-state index is 11.4. The van der Waals surface area contributed by atoms with Crippen molar-refractivity contribution in [3.63, 3.8) is 0 Å². The highest BCUT2D eigenvalue weighted by atomic mass is 16.2. The normalized spacial score (nSPS) is 16.5.